The molecule has 1 N–H and O–H groups in total. The van der Waals surface area contributed by atoms with E-state index in [0.29, 0.717) is 30.5 Å². The number of hydrogen-bond donors (Lipinski definition) is 1. The lowest BCUT2D eigenvalue weighted by atomic mass is 9.90. The van der Waals surface area contributed by atoms with E-state index in [1.165, 1.54) is 9.87 Å². The molecule has 0 aromatic heterocycles. The zero-order chi connectivity index (χ0) is 22.0. The molecule has 0 spiro atoms. The molecule has 0 saturated carbocycles. The number of ether oxygens (including phenoxy) is 1. The lowest BCUT2D eigenvalue weighted by Crippen LogP contribution is -2.44. The molecule has 1 aromatic rings. The Hall–Kier alpha value is -2.08. The fourth-order valence-corrected chi connectivity index (χ4v) is 5.17. The fourth-order valence-electron chi connectivity index (χ4n) is 3.56. The lowest BCUT2D eigenvalue weighted by Gasteiger charge is -2.32. The van der Waals surface area contributed by atoms with Crippen molar-refractivity contribution in [2.75, 3.05) is 26.0 Å². The van der Waals surface area contributed by atoms with Gasteiger partial charge in [-0.15, -0.1) is 5.92 Å². The van der Waals surface area contributed by atoms with Crippen molar-refractivity contribution in [1.29, 1.82) is 0 Å². The van der Waals surface area contributed by atoms with Crippen molar-refractivity contribution < 1.29 is 23.2 Å². The average Bonchev–Trinajstić information content (AvgIpc) is 2.77. The van der Waals surface area contributed by atoms with E-state index in [-0.39, 0.29) is 6.41 Å². The van der Waals surface area contributed by atoms with Gasteiger partial charge in [0, 0.05) is 19.5 Å². The Labute approximate surface area is 180 Å². The summed E-state index contributed by atoms with van der Waals surface area (Å²) in [5.41, 5.74) is 1.17. The second kappa shape index (κ2) is 11.9. The number of hydroxylamine groups is 2. The van der Waals surface area contributed by atoms with Crippen LogP contribution in [0.5, 0.6) is 5.75 Å². The highest BCUT2D eigenvalue weighted by Crippen LogP contribution is 2.30. The van der Waals surface area contributed by atoms with Gasteiger partial charge in [-0.3, -0.25) is 10.0 Å². The molecule has 1 amide bonds. The number of rotatable bonds is 10. The Morgan fingerprint density at radius 3 is 2.50 bits per heavy atom. The molecule has 8 heteroatoms. The fraction of sp³-hybridized carbons (Fsp3) is 0.591. The third-order valence-corrected chi connectivity index (χ3v) is 7.29. The quantitative estimate of drug-likeness (QED) is 0.200. The number of carbonyl (C=O) groups excluding carboxylic acids is 1. The van der Waals surface area contributed by atoms with E-state index in [9.17, 15) is 18.4 Å². The van der Waals surface area contributed by atoms with E-state index >= 15 is 0 Å². The molecule has 1 aliphatic heterocycles. The molecule has 0 radical (unpaired) electrons. The van der Waals surface area contributed by atoms with Crippen molar-refractivity contribution in [3.8, 4) is 17.6 Å². The van der Waals surface area contributed by atoms with Gasteiger partial charge in [-0.05, 0) is 42.9 Å². The monoisotopic (exact) mass is 436 g/mol. The third kappa shape index (κ3) is 7.01. The summed E-state index contributed by atoms with van der Waals surface area (Å²) in [5.74, 6) is 6.32. The summed E-state index contributed by atoms with van der Waals surface area (Å²) in [7, 11) is -2.03. The molecule has 1 heterocycles. The van der Waals surface area contributed by atoms with Crippen molar-refractivity contribution in [3.05, 3.63) is 29.8 Å². The van der Waals surface area contributed by atoms with Crippen LogP contribution in [0.3, 0.4) is 0 Å². The van der Waals surface area contributed by atoms with Gasteiger partial charge in [0.2, 0.25) is 16.4 Å². The molecule has 1 fully saturated rings. The minimum Gasteiger partial charge on any atom is -0.497 e. The van der Waals surface area contributed by atoms with E-state index in [2.05, 4.69) is 18.8 Å². The number of methoxy groups -OCH3 is 1. The maximum absolute atomic E-state index is 12.9. The molecule has 30 heavy (non-hydrogen) atoms. The number of unbranched alkanes of at least 4 members (excludes halogenated alkanes) is 3. The first kappa shape index (κ1) is 24.2. The summed E-state index contributed by atoms with van der Waals surface area (Å²) >= 11 is 0. The van der Waals surface area contributed by atoms with Crippen LogP contribution in [0, 0.1) is 11.8 Å². The molecule has 0 aliphatic carbocycles. The van der Waals surface area contributed by atoms with Crippen molar-refractivity contribution in [2.45, 2.75) is 57.4 Å². The minimum absolute atomic E-state index is 0.205. The van der Waals surface area contributed by atoms with Crippen molar-refractivity contribution in [3.63, 3.8) is 0 Å². The van der Waals surface area contributed by atoms with Gasteiger partial charge < -0.3 is 4.74 Å². The maximum atomic E-state index is 12.9. The molecule has 1 unspecified atom stereocenters. The second-order valence-corrected chi connectivity index (χ2v) is 9.52. The highest BCUT2D eigenvalue weighted by atomic mass is 32.2. The van der Waals surface area contributed by atoms with E-state index in [0.717, 1.165) is 37.9 Å². The summed E-state index contributed by atoms with van der Waals surface area (Å²) in [6.07, 6.45) is 5.27. The standard InChI is InChI=1S/C22H32N2O5S/c1-3-4-5-6-7-8-21(24(26)18-25)17-30(27,28)23-15-13-20(14-16-23)19-9-11-22(29-2)12-10-19/h9-12,18,20-21,26H,3-6,13-17H2,1-2H3. The Balaban J connectivity index is 1.97. The van der Waals surface area contributed by atoms with Gasteiger partial charge in [0.05, 0.1) is 12.9 Å². The summed E-state index contributed by atoms with van der Waals surface area (Å²) in [6.45, 7) is 2.90. The van der Waals surface area contributed by atoms with Crippen molar-refractivity contribution in [1.82, 2.24) is 9.37 Å². The Morgan fingerprint density at radius 2 is 1.93 bits per heavy atom. The molecule has 2 rings (SSSR count). The normalized spacial score (nSPS) is 16.4. The third-order valence-electron chi connectivity index (χ3n) is 5.40. The molecule has 7 nitrogen and oxygen atoms in total. The summed E-state index contributed by atoms with van der Waals surface area (Å²) < 4.78 is 32.4. The predicted molar refractivity (Wildman–Crippen MR) is 116 cm³/mol. The Kier molecular flexibility index (Phi) is 9.63. The number of amides is 1. The topological polar surface area (TPSA) is 87.2 Å². The van der Waals surface area contributed by atoms with Crippen LogP contribution in [0.4, 0.5) is 0 Å². The minimum atomic E-state index is -3.65. The highest BCUT2D eigenvalue weighted by Gasteiger charge is 2.31. The van der Waals surface area contributed by atoms with Crippen LogP contribution in [0.1, 0.15) is 56.9 Å². The van der Waals surface area contributed by atoms with E-state index < -0.39 is 21.8 Å². The molecule has 166 valence electrons. The molecule has 1 aliphatic rings. The zero-order valence-electron chi connectivity index (χ0n) is 17.8. The number of sulfonamides is 1. The summed E-state index contributed by atoms with van der Waals surface area (Å²) in [6, 6.07) is 6.81. The SMILES string of the molecule is CCCCCC#CC(CS(=O)(=O)N1CCC(c2ccc(OC)cc2)CC1)N(O)C=O. The number of piperidine rings is 1. The van der Waals surface area contributed by atoms with E-state index in [1.54, 1.807) is 7.11 Å². The number of hydrogen-bond acceptors (Lipinski definition) is 5. The number of carbonyl (C=O) groups is 1. The molecule has 1 aromatic carbocycles. The van der Waals surface area contributed by atoms with Crippen LogP contribution in [-0.2, 0) is 14.8 Å². The zero-order valence-corrected chi connectivity index (χ0v) is 18.6. The van der Waals surface area contributed by atoms with Gasteiger partial charge in [0.1, 0.15) is 11.8 Å². The van der Waals surface area contributed by atoms with Crippen molar-refractivity contribution in [2.24, 2.45) is 0 Å². The van der Waals surface area contributed by atoms with Crippen LogP contribution in [-0.4, -0.2) is 61.4 Å². The first-order valence-corrected chi connectivity index (χ1v) is 12.0. The van der Waals surface area contributed by atoms with Crippen LogP contribution in [0.25, 0.3) is 0 Å². The number of nitrogens with zero attached hydrogens (tertiary/aromatic N) is 2. The van der Waals surface area contributed by atoms with E-state index in [4.69, 9.17) is 4.74 Å². The van der Waals surface area contributed by atoms with Crippen LogP contribution in [0.15, 0.2) is 24.3 Å². The van der Waals surface area contributed by atoms with Gasteiger partial charge in [0.15, 0.2) is 0 Å². The number of benzene rings is 1. The first-order valence-electron chi connectivity index (χ1n) is 10.4. The second-order valence-electron chi connectivity index (χ2n) is 7.50. The molecule has 0 bridgehead atoms. The summed E-state index contributed by atoms with van der Waals surface area (Å²) in [5, 5.41) is 10.1. The van der Waals surface area contributed by atoms with Crippen LogP contribution in [0.2, 0.25) is 0 Å². The first-order chi connectivity index (χ1) is 14.4. The summed E-state index contributed by atoms with van der Waals surface area (Å²) in [4.78, 5) is 11.0. The smallest absolute Gasteiger partial charge is 0.234 e. The van der Waals surface area contributed by atoms with Crippen LogP contribution < -0.4 is 4.74 Å². The van der Waals surface area contributed by atoms with E-state index in [1.807, 2.05) is 24.3 Å². The average molecular weight is 437 g/mol. The van der Waals surface area contributed by atoms with Crippen LogP contribution >= 0.6 is 0 Å². The highest BCUT2D eigenvalue weighted by molar-refractivity contribution is 7.89. The largest absolute Gasteiger partial charge is 0.497 e. The Morgan fingerprint density at radius 1 is 1.27 bits per heavy atom. The Bertz CT molecular complexity index is 821. The van der Waals surface area contributed by atoms with Crippen molar-refractivity contribution >= 4 is 16.4 Å². The molecular formula is C22H32N2O5S. The van der Waals surface area contributed by atoms with Gasteiger partial charge in [0.25, 0.3) is 0 Å². The van der Waals surface area contributed by atoms with Gasteiger partial charge in [-0.2, -0.15) is 0 Å². The molecule has 1 saturated heterocycles. The lowest BCUT2D eigenvalue weighted by molar-refractivity contribution is -0.153. The predicted octanol–water partition coefficient (Wildman–Crippen LogP) is 3.00. The maximum Gasteiger partial charge on any atom is 0.234 e. The van der Waals surface area contributed by atoms with Gasteiger partial charge in [-0.25, -0.2) is 17.8 Å². The van der Waals surface area contributed by atoms with Gasteiger partial charge in [-0.1, -0.05) is 37.8 Å². The molecule has 1 atom stereocenters. The van der Waals surface area contributed by atoms with Gasteiger partial charge >= 0.3 is 0 Å². The molecular weight excluding hydrogens is 404 g/mol.